The predicted octanol–water partition coefficient (Wildman–Crippen LogP) is 4.99. The van der Waals surface area contributed by atoms with Gasteiger partial charge in [0.05, 0.1) is 6.61 Å². The third-order valence-electron chi connectivity index (χ3n) is 3.50. The third kappa shape index (κ3) is 15.1. The number of hydrogen-bond acceptors (Lipinski definition) is 3. The number of hydrogen-bond donors (Lipinski definition) is 0. The summed E-state index contributed by atoms with van der Waals surface area (Å²) in [5.41, 5.74) is 0.471. The number of Topliss-reactive ketones (excluding diaryl/α,β-unsaturated/α-hetero) is 1. The Labute approximate surface area is 130 Å². The summed E-state index contributed by atoms with van der Waals surface area (Å²) in [4.78, 5) is 21.9. The summed E-state index contributed by atoms with van der Waals surface area (Å²) in [5, 5.41) is 0. The summed E-state index contributed by atoms with van der Waals surface area (Å²) >= 11 is 0. The van der Waals surface area contributed by atoms with Gasteiger partial charge in [-0.15, -0.1) is 0 Å². The van der Waals surface area contributed by atoms with Gasteiger partial charge >= 0.3 is 5.97 Å². The molecule has 0 saturated carbocycles. The lowest BCUT2D eigenvalue weighted by Gasteiger charge is -2.04. The normalized spacial score (nSPS) is 10.4. The van der Waals surface area contributed by atoms with Gasteiger partial charge in [0.2, 0.25) is 0 Å². The Morgan fingerprint density at radius 3 is 1.62 bits per heavy atom. The zero-order chi connectivity index (χ0) is 15.9. The minimum absolute atomic E-state index is 0.278. The first-order valence-corrected chi connectivity index (χ1v) is 8.36. The lowest BCUT2D eigenvalue weighted by Crippen LogP contribution is -2.05. The molecule has 0 aliphatic rings. The number of esters is 1. The molecule has 21 heavy (non-hydrogen) atoms. The Morgan fingerprint density at radius 1 is 0.762 bits per heavy atom. The van der Waals surface area contributed by atoms with Gasteiger partial charge in [-0.25, -0.2) is 4.79 Å². The number of ketones is 1. The van der Waals surface area contributed by atoms with E-state index >= 15 is 0 Å². The first-order valence-electron chi connectivity index (χ1n) is 8.36. The fraction of sp³-hybridized carbons (Fsp3) is 0.778. The van der Waals surface area contributed by atoms with E-state index in [1.807, 2.05) is 0 Å². The van der Waals surface area contributed by atoms with Crippen LogP contribution in [-0.4, -0.2) is 18.4 Å². The van der Waals surface area contributed by atoms with E-state index in [2.05, 4.69) is 6.58 Å². The lowest BCUT2D eigenvalue weighted by atomic mass is 10.1. The van der Waals surface area contributed by atoms with Gasteiger partial charge in [0.15, 0.2) is 0 Å². The Hall–Kier alpha value is -1.12. The predicted molar refractivity (Wildman–Crippen MR) is 87.2 cm³/mol. The molecule has 0 atom stereocenters. The highest BCUT2D eigenvalue weighted by Gasteiger charge is 2.01. The van der Waals surface area contributed by atoms with Crippen molar-refractivity contribution in [2.75, 3.05) is 6.61 Å². The first kappa shape index (κ1) is 19.9. The average Bonchev–Trinajstić information content (AvgIpc) is 2.43. The Bertz CT molecular complexity index is 308. The SMILES string of the molecule is C=C(C)C(=O)OCCCCCCCCCCCCC(C)=O. The molecule has 0 aromatic rings. The molecule has 0 bridgehead atoms. The van der Waals surface area contributed by atoms with Crippen molar-refractivity contribution in [2.45, 2.75) is 84.5 Å². The van der Waals surface area contributed by atoms with E-state index in [4.69, 9.17) is 4.74 Å². The maximum Gasteiger partial charge on any atom is 0.333 e. The van der Waals surface area contributed by atoms with Crippen LogP contribution in [0.4, 0.5) is 0 Å². The van der Waals surface area contributed by atoms with Gasteiger partial charge in [0.1, 0.15) is 5.78 Å². The molecule has 0 aliphatic carbocycles. The van der Waals surface area contributed by atoms with Crippen molar-refractivity contribution >= 4 is 11.8 Å². The van der Waals surface area contributed by atoms with Crippen LogP contribution in [0.3, 0.4) is 0 Å². The molecule has 0 spiro atoms. The molecule has 0 aromatic heterocycles. The second-order valence-electron chi connectivity index (χ2n) is 5.90. The Kier molecular flexibility index (Phi) is 13.1. The summed E-state index contributed by atoms with van der Waals surface area (Å²) in [7, 11) is 0. The molecule has 0 radical (unpaired) electrons. The molecule has 0 aliphatic heterocycles. The van der Waals surface area contributed by atoms with E-state index in [0.29, 0.717) is 18.0 Å². The van der Waals surface area contributed by atoms with Gasteiger partial charge in [-0.2, -0.15) is 0 Å². The summed E-state index contributed by atoms with van der Waals surface area (Å²) in [5.74, 6) is 0.0312. The van der Waals surface area contributed by atoms with E-state index in [-0.39, 0.29) is 5.97 Å². The third-order valence-corrected chi connectivity index (χ3v) is 3.50. The fourth-order valence-corrected chi connectivity index (χ4v) is 2.18. The van der Waals surface area contributed by atoms with Crippen LogP contribution >= 0.6 is 0 Å². The van der Waals surface area contributed by atoms with Gasteiger partial charge in [0.25, 0.3) is 0 Å². The molecular weight excluding hydrogens is 264 g/mol. The maximum absolute atomic E-state index is 11.1. The largest absolute Gasteiger partial charge is 0.462 e. The van der Waals surface area contributed by atoms with Crippen LogP contribution in [0.25, 0.3) is 0 Å². The van der Waals surface area contributed by atoms with Crippen molar-refractivity contribution in [3.63, 3.8) is 0 Å². The van der Waals surface area contributed by atoms with Crippen molar-refractivity contribution in [1.29, 1.82) is 0 Å². The maximum atomic E-state index is 11.1. The van der Waals surface area contributed by atoms with Crippen LogP contribution in [0.1, 0.15) is 84.5 Å². The summed E-state index contributed by atoms with van der Waals surface area (Å²) in [6.45, 7) is 7.40. The molecule has 0 unspecified atom stereocenters. The average molecular weight is 296 g/mol. The highest BCUT2D eigenvalue weighted by atomic mass is 16.5. The van der Waals surface area contributed by atoms with E-state index in [9.17, 15) is 9.59 Å². The quantitative estimate of drug-likeness (QED) is 0.258. The first-order chi connectivity index (χ1) is 10.0. The van der Waals surface area contributed by atoms with E-state index < -0.39 is 0 Å². The molecule has 3 heteroatoms. The topological polar surface area (TPSA) is 43.4 Å². The Morgan fingerprint density at radius 2 is 1.19 bits per heavy atom. The number of ether oxygens (including phenoxy) is 1. The lowest BCUT2D eigenvalue weighted by molar-refractivity contribution is -0.139. The molecule has 122 valence electrons. The van der Waals surface area contributed by atoms with E-state index in [0.717, 1.165) is 25.7 Å². The van der Waals surface area contributed by atoms with Crippen molar-refractivity contribution in [3.8, 4) is 0 Å². The summed E-state index contributed by atoms with van der Waals surface area (Å²) in [6.07, 6.45) is 12.7. The van der Waals surface area contributed by atoms with Crippen molar-refractivity contribution in [3.05, 3.63) is 12.2 Å². The van der Waals surface area contributed by atoms with Crippen molar-refractivity contribution in [1.82, 2.24) is 0 Å². The zero-order valence-electron chi connectivity index (χ0n) is 13.9. The molecule has 0 N–H and O–H groups in total. The highest BCUT2D eigenvalue weighted by molar-refractivity contribution is 5.86. The fourth-order valence-electron chi connectivity index (χ4n) is 2.18. The van der Waals surface area contributed by atoms with Crippen LogP contribution in [0.2, 0.25) is 0 Å². The molecule has 0 heterocycles. The van der Waals surface area contributed by atoms with Gasteiger partial charge in [-0.05, 0) is 26.7 Å². The molecule has 0 rings (SSSR count). The molecule has 0 aromatic carbocycles. The van der Waals surface area contributed by atoms with Gasteiger partial charge < -0.3 is 9.53 Å². The number of carbonyl (C=O) groups is 2. The molecule has 0 saturated heterocycles. The number of unbranched alkanes of at least 4 members (excludes halogenated alkanes) is 9. The summed E-state index contributed by atoms with van der Waals surface area (Å²) < 4.78 is 5.04. The minimum Gasteiger partial charge on any atom is -0.462 e. The van der Waals surface area contributed by atoms with Gasteiger partial charge in [0, 0.05) is 12.0 Å². The number of rotatable bonds is 14. The second-order valence-corrected chi connectivity index (χ2v) is 5.90. The van der Waals surface area contributed by atoms with Crippen molar-refractivity contribution < 1.29 is 14.3 Å². The van der Waals surface area contributed by atoms with E-state index in [1.54, 1.807) is 13.8 Å². The zero-order valence-corrected chi connectivity index (χ0v) is 13.9. The van der Waals surface area contributed by atoms with Crippen LogP contribution in [0.5, 0.6) is 0 Å². The van der Waals surface area contributed by atoms with Crippen LogP contribution in [0, 0.1) is 0 Å². The summed E-state index contributed by atoms with van der Waals surface area (Å²) in [6, 6.07) is 0. The van der Waals surface area contributed by atoms with Crippen LogP contribution < -0.4 is 0 Å². The van der Waals surface area contributed by atoms with Crippen LogP contribution in [-0.2, 0) is 14.3 Å². The standard InChI is InChI=1S/C18H32O3/c1-16(2)18(20)21-15-13-11-9-7-5-4-6-8-10-12-14-17(3)19/h1,4-15H2,2-3H3. The van der Waals surface area contributed by atoms with Crippen LogP contribution in [0.15, 0.2) is 12.2 Å². The van der Waals surface area contributed by atoms with Gasteiger partial charge in [-0.3, -0.25) is 0 Å². The monoisotopic (exact) mass is 296 g/mol. The molecule has 3 nitrogen and oxygen atoms in total. The van der Waals surface area contributed by atoms with Gasteiger partial charge in [-0.1, -0.05) is 57.9 Å². The molecule has 0 amide bonds. The van der Waals surface area contributed by atoms with E-state index in [1.165, 1.54) is 44.9 Å². The van der Waals surface area contributed by atoms with Crippen molar-refractivity contribution in [2.24, 2.45) is 0 Å². The smallest absolute Gasteiger partial charge is 0.333 e. The highest BCUT2D eigenvalue weighted by Crippen LogP contribution is 2.11. The minimum atomic E-state index is -0.278. The molecular formula is C18H32O3. The molecule has 0 fully saturated rings. The Balaban J connectivity index is 3.11. The second kappa shape index (κ2) is 13.8. The number of carbonyl (C=O) groups excluding carboxylic acids is 2.